The number of methoxy groups -OCH3 is 2. The van der Waals surface area contributed by atoms with Crippen LogP contribution in [-0.2, 0) is 19.6 Å². The standard InChI is InChI=1S/C28H31N5O8S/c1-20-4-8-24(9-5-20)42(37,38)32(26-17-23(39-2)7-11-27(26)40-3)19-28(34)30-29-18-21-16-22(33(35)36)6-10-25(21)31-12-14-41-15-13-31/h4-11,16-18H,12-15,19H2,1-3H3,(H,30,34)/b29-18-. The van der Waals surface area contributed by atoms with E-state index in [0.717, 1.165) is 9.87 Å². The number of aryl methyl sites for hydroxylation is 1. The fourth-order valence-corrected chi connectivity index (χ4v) is 5.74. The van der Waals surface area contributed by atoms with Crippen LogP contribution < -0.4 is 24.1 Å². The summed E-state index contributed by atoms with van der Waals surface area (Å²) in [6, 6.07) is 15.2. The molecule has 1 heterocycles. The number of hydrogen-bond acceptors (Lipinski definition) is 10. The van der Waals surface area contributed by atoms with Crippen molar-refractivity contribution in [3.8, 4) is 11.5 Å². The third-order valence-electron chi connectivity index (χ3n) is 6.52. The van der Waals surface area contributed by atoms with Gasteiger partial charge in [0.2, 0.25) is 0 Å². The van der Waals surface area contributed by atoms with Gasteiger partial charge in [-0.1, -0.05) is 17.7 Å². The van der Waals surface area contributed by atoms with Crippen LogP contribution in [0.5, 0.6) is 11.5 Å². The lowest BCUT2D eigenvalue weighted by Gasteiger charge is -2.29. The van der Waals surface area contributed by atoms with Gasteiger partial charge in [-0.3, -0.25) is 19.2 Å². The molecule has 0 spiro atoms. The van der Waals surface area contributed by atoms with Crippen molar-refractivity contribution in [3.05, 3.63) is 81.9 Å². The number of anilines is 2. The van der Waals surface area contributed by atoms with Crippen molar-refractivity contribution < 1.29 is 32.3 Å². The van der Waals surface area contributed by atoms with Crippen molar-refractivity contribution in [1.29, 1.82) is 0 Å². The van der Waals surface area contributed by atoms with Gasteiger partial charge in [0.25, 0.3) is 21.6 Å². The summed E-state index contributed by atoms with van der Waals surface area (Å²) in [5, 5.41) is 15.4. The van der Waals surface area contributed by atoms with Gasteiger partial charge in [-0.25, -0.2) is 13.8 Å². The first-order valence-electron chi connectivity index (χ1n) is 12.9. The van der Waals surface area contributed by atoms with Gasteiger partial charge in [-0.05, 0) is 37.3 Å². The summed E-state index contributed by atoms with van der Waals surface area (Å²) >= 11 is 0. The van der Waals surface area contributed by atoms with Crippen LogP contribution in [0, 0.1) is 17.0 Å². The number of nitrogens with one attached hydrogen (secondary N) is 1. The molecule has 4 rings (SSSR count). The molecule has 0 unspecified atom stereocenters. The summed E-state index contributed by atoms with van der Waals surface area (Å²) in [5.74, 6) is -0.200. The fraction of sp³-hybridized carbons (Fsp3) is 0.286. The van der Waals surface area contributed by atoms with E-state index in [0.29, 0.717) is 43.3 Å². The number of sulfonamides is 1. The van der Waals surface area contributed by atoms with Crippen molar-refractivity contribution in [3.63, 3.8) is 0 Å². The lowest BCUT2D eigenvalue weighted by atomic mass is 10.1. The Hall–Kier alpha value is -4.69. The van der Waals surface area contributed by atoms with Gasteiger partial charge in [-0.2, -0.15) is 5.10 Å². The number of hydrogen-bond donors (Lipinski definition) is 1. The van der Waals surface area contributed by atoms with Crippen molar-refractivity contribution in [2.75, 3.05) is 56.3 Å². The molecule has 3 aromatic rings. The quantitative estimate of drug-likeness (QED) is 0.200. The maximum atomic E-state index is 13.8. The molecule has 1 aliphatic rings. The Labute approximate surface area is 243 Å². The highest BCUT2D eigenvalue weighted by atomic mass is 32.2. The van der Waals surface area contributed by atoms with Gasteiger partial charge >= 0.3 is 0 Å². The number of nitrogens with zero attached hydrogens (tertiary/aromatic N) is 4. The molecule has 42 heavy (non-hydrogen) atoms. The lowest BCUT2D eigenvalue weighted by Crippen LogP contribution is -2.40. The highest BCUT2D eigenvalue weighted by Gasteiger charge is 2.30. The molecule has 1 amide bonds. The third-order valence-corrected chi connectivity index (χ3v) is 8.29. The Morgan fingerprint density at radius 1 is 1.10 bits per heavy atom. The van der Waals surface area contributed by atoms with Gasteiger partial charge in [0.05, 0.1) is 49.2 Å². The van der Waals surface area contributed by atoms with Crippen LogP contribution in [0.2, 0.25) is 0 Å². The van der Waals surface area contributed by atoms with Crippen LogP contribution in [-0.4, -0.2) is 72.5 Å². The summed E-state index contributed by atoms with van der Waals surface area (Å²) in [7, 11) is -1.42. The number of carbonyl (C=O) groups excluding carboxylic acids is 1. The predicted molar refractivity (Wildman–Crippen MR) is 157 cm³/mol. The number of benzene rings is 3. The number of nitro benzene ring substituents is 1. The summed E-state index contributed by atoms with van der Waals surface area (Å²) in [6.07, 6.45) is 1.29. The van der Waals surface area contributed by atoms with E-state index in [1.165, 1.54) is 56.8 Å². The molecular weight excluding hydrogens is 566 g/mol. The molecule has 0 saturated carbocycles. The Balaban J connectivity index is 1.64. The number of carbonyl (C=O) groups is 1. The molecule has 3 aromatic carbocycles. The van der Waals surface area contributed by atoms with Crippen molar-refractivity contribution >= 4 is 39.2 Å². The number of nitro groups is 1. The molecule has 1 fully saturated rings. The molecule has 14 heteroatoms. The molecule has 1 aliphatic heterocycles. The summed E-state index contributed by atoms with van der Waals surface area (Å²) in [5.41, 5.74) is 4.26. The molecule has 0 aromatic heterocycles. The number of non-ortho nitro benzene ring substituents is 1. The van der Waals surface area contributed by atoms with E-state index in [2.05, 4.69) is 10.5 Å². The monoisotopic (exact) mass is 597 g/mol. The van der Waals surface area contributed by atoms with Crippen LogP contribution in [0.1, 0.15) is 11.1 Å². The Morgan fingerprint density at radius 3 is 2.45 bits per heavy atom. The first-order chi connectivity index (χ1) is 20.1. The summed E-state index contributed by atoms with van der Waals surface area (Å²) < 4.78 is 44.6. The second-order valence-electron chi connectivity index (χ2n) is 9.26. The molecule has 0 bridgehead atoms. The molecular formula is C28H31N5O8S. The van der Waals surface area contributed by atoms with E-state index >= 15 is 0 Å². The first kappa shape index (κ1) is 30.3. The molecule has 0 radical (unpaired) electrons. The fourth-order valence-electron chi connectivity index (χ4n) is 4.32. The van der Waals surface area contributed by atoms with Crippen molar-refractivity contribution in [2.45, 2.75) is 11.8 Å². The molecule has 1 N–H and O–H groups in total. The largest absolute Gasteiger partial charge is 0.497 e. The van der Waals surface area contributed by atoms with E-state index in [9.17, 15) is 23.3 Å². The molecule has 0 aliphatic carbocycles. The van der Waals surface area contributed by atoms with Crippen LogP contribution in [0.3, 0.4) is 0 Å². The van der Waals surface area contributed by atoms with Gasteiger partial charge < -0.3 is 19.1 Å². The van der Waals surface area contributed by atoms with Crippen LogP contribution >= 0.6 is 0 Å². The average Bonchev–Trinajstić information content (AvgIpc) is 3.00. The number of rotatable bonds is 11. The van der Waals surface area contributed by atoms with Crippen LogP contribution in [0.15, 0.2) is 70.7 Å². The molecule has 1 saturated heterocycles. The zero-order valence-electron chi connectivity index (χ0n) is 23.3. The maximum absolute atomic E-state index is 13.8. The highest BCUT2D eigenvalue weighted by molar-refractivity contribution is 7.92. The maximum Gasteiger partial charge on any atom is 0.270 e. The van der Waals surface area contributed by atoms with E-state index in [-0.39, 0.29) is 22.0 Å². The average molecular weight is 598 g/mol. The van der Waals surface area contributed by atoms with E-state index in [4.69, 9.17) is 14.2 Å². The third kappa shape index (κ3) is 6.95. The van der Waals surface area contributed by atoms with Crippen molar-refractivity contribution in [1.82, 2.24) is 5.43 Å². The Morgan fingerprint density at radius 2 is 1.81 bits per heavy atom. The number of ether oxygens (including phenoxy) is 3. The zero-order chi connectivity index (χ0) is 30.3. The Bertz CT molecular complexity index is 1570. The SMILES string of the molecule is COc1ccc(OC)c(N(CC(=O)N/N=C\c2cc([N+](=O)[O-])ccc2N2CCOCC2)S(=O)(=O)c2ccc(C)cc2)c1. The summed E-state index contributed by atoms with van der Waals surface area (Å²) in [4.78, 5) is 26.0. The number of morpholine rings is 1. The van der Waals surface area contributed by atoms with Gasteiger partial charge in [0.15, 0.2) is 0 Å². The van der Waals surface area contributed by atoms with Gasteiger partial charge in [0.1, 0.15) is 18.0 Å². The first-order valence-corrected chi connectivity index (χ1v) is 14.3. The minimum absolute atomic E-state index is 0.0268. The van der Waals surface area contributed by atoms with E-state index in [1.807, 2.05) is 11.8 Å². The molecule has 0 atom stereocenters. The van der Waals surface area contributed by atoms with Crippen LogP contribution in [0.4, 0.5) is 17.1 Å². The van der Waals surface area contributed by atoms with E-state index < -0.39 is 27.4 Å². The smallest absolute Gasteiger partial charge is 0.270 e. The van der Waals surface area contributed by atoms with Crippen LogP contribution in [0.25, 0.3) is 0 Å². The molecule has 222 valence electrons. The molecule has 13 nitrogen and oxygen atoms in total. The predicted octanol–water partition coefficient (Wildman–Crippen LogP) is 3.10. The topological polar surface area (TPSA) is 153 Å². The zero-order valence-corrected chi connectivity index (χ0v) is 24.2. The summed E-state index contributed by atoms with van der Waals surface area (Å²) in [6.45, 7) is 3.35. The number of amides is 1. The minimum atomic E-state index is -4.25. The van der Waals surface area contributed by atoms with Gasteiger partial charge in [-0.15, -0.1) is 0 Å². The lowest BCUT2D eigenvalue weighted by molar-refractivity contribution is -0.384. The van der Waals surface area contributed by atoms with Crippen molar-refractivity contribution in [2.24, 2.45) is 5.10 Å². The van der Waals surface area contributed by atoms with E-state index in [1.54, 1.807) is 24.3 Å². The van der Waals surface area contributed by atoms with Gasteiger partial charge in [0, 0.05) is 42.5 Å². The number of hydrazone groups is 1. The minimum Gasteiger partial charge on any atom is -0.497 e. The second kappa shape index (κ2) is 13.3. The highest BCUT2D eigenvalue weighted by Crippen LogP contribution is 2.35. The second-order valence-corrected chi connectivity index (χ2v) is 11.1. The Kier molecular flexibility index (Phi) is 9.60. The normalized spacial score (nSPS) is 13.5.